The van der Waals surface area contributed by atoms with Gasteiger partial charge in [-0.1, -0.05) is 35.0 Å². The Balaban J connectivity index is 1.66. The Kier molecular flexibility index (Phi) is 5.98. The van der Waals surface area contributed by atoms with E-state index in [4.69, 9.17) is 25.6 Å². The zero-order chi connectivity index (χ0) is 19.2. The van der Waals surface area contributed by atoms with Gasteiger partial charge in [0.25, 0.3) is 5.91 Å². The summed E-state index contributed by atoms with van der Waals surface area (Å²) in [5, 5.41) is 7.27. The molecule has 0 atom stereocenters. The normalized spacial score (nSPS) is 10.5. The summed E-state index contributed by atoms with van der Waals surface area (Å²) in [6.07, 6.45) is 0. The molecule has 7 heteroatoms. The number of rotatable bonds is 7. The van der Waals surface area contributed by atoms with Crippen LogP contribution in [-0.4, -0.2) is 18.2 Å². The third-order valence-corrected chi connectivity index (χ3v) is 4.41. The third-order valence-electron chi connectivity index (χ3n) is 4.04. The van der Waals surface area contributed by atoms with Gasteiger partial charge < -0.3 is 19.3 Å². The Morgan fingerprint density at radius 2 is 1.85 bits per heavy atom. The number of nitrogens with one attached hydrogen (secondary N) is 1. The highest BCUT2D eigenvalue weighted by atomic mass is 35.5. The largest absolute Gasteiger partial charge is 0.497 e. The van der Waals surface area contributed by atoms with E-state index in [-0.39, 0.29) is 18.2 Å². The average molecular weight is 387 g/mol. The zero-order valence-corrected chi connectivity index (χ0v) is 15.7. The number of aromatic nitrogens is 1. The van der Waals surface area contributed by atoms with E-state index >= 15 is 0 Å². The van der Waals surface area contributed by atoms with Gasteiger partial charge in [0.05, 0.1) is 12.7 Å². The lowest BCUT2D eigenvalue weighted by Crippen LogP contribution is -2.24. The summed E-state index contributed by atoms with van der Waals surface area (Å²) in [6, 6.07) is 14.5. The minimum absolute atomic E-state index is 0.163. The van der Waals surface area contributed by atoms with Crippen LogP contribution in [0.1, 0.15) is 27.4 Å². The SMILES string of the molecule is COc1ccc(OCc2c(C(=O)NCc3ccccc3Cl)noc2C)cc1. The smallest absolute Gasteiger partial charge is 0.274 e. The lowest BCUT2D eigenvalue weighted by Gasteiger charge is -2.08. The Morgan fingerprint density at radius 3 is 2.56 bits per heavy atom. The highest BCUT2D eigenvalue weighted by Crippen LogP contribution is 2.21. The number of aryl methyl sites for hydroxylation is 1. The molecule has 2 aromatic carbocycles. The first-order valence-corrected chi connectivity index (χ1v) is 8.70. The van der Waals surface area contributed by atoms with E-state index in [0.717, 1.165) is 11.3 Å². The second kappa shape index (κ2) is 8.60. The summed E-state index contributed by atoms with van der Waals surface area (Å²) in [4.78, 5) is 12.5. The van der Waals surface area contributed by atoms with Crippen LogP contribution in [-0.2, 0) is 13.2 Å². The van der Waals surface area contributed by atoms with E-state index in [2.05, 4.69) is 10.5 Å². The van der Waals surface area contributed by atoms with Crippen LogP contribution in [0.15, 0.2) is 53.1 Å². The molecule has 1 heterocycles. The van der Waals surface area contributed by atoms with Crippen molar-refractivity contribution in [1.29, 1.82) is 0 Å². The molecule has 0 aliphatic carbocycles. The summed E-state index contributed by atoms with van der Waals surface area (Å²) in [5.41, 5.74) is 1.62. The lowest BCUT2D eigenvalue weighted by molar-refractivity contribution is 0.0939. The summed E-state index contributed by atoms with van der Waals surface area (Å²) >= 11 is 6.11. The highest BCUT2D eigenvalue weighted by Gasteiger charge is 2.20. The Morgan fingerprint density at radius 1 is 1.15 bits per heavy atom. The van der Waals surface area contributed by atoms with E-state index in [0.29, 0.717) is 28.6 Å². The molecule has 0 unspecified atom stereocenters. The molecule has 0 spiro atoms. The van der Waals surface area contributed by atoms with Gasteiger partial charge in [0, 0.05) is 11.6 Å². The first-order chi connectivity index (χ1) is 13.1. The van der Waals surface area contributed by atoms with Crippen molar-refractivity contribution in [3.8, 4) is 11.5 Å². The number of nitrogens with zero attached hydrogens (tertiary/aromatic N) is 1. The molecular weight excluding hydrogens is 368 g/mol. The fourth-order valence-corrected chi connectivity index (χ4v) is 2.67. The monoisotopic (exact) mass is 386 g/mol. The number of carbonyl (C=O) groups is 1. The molecule has 0 aliphatic heterocycles. The van der Waals surface area contributed by atoms with Gasteiger partial charge in [0.1, 0.15) is 23.9 Å². The molecule has 6 nitrogen and oxygen atoms in total. The number of halogens is 1. The lowest BCUT2D eigenvalue weighted by atomic mass is 10.2. The van der Waals surface area contributed by atoms with Crippen molar-refractivity contribution >= 4 is 17.5 Å². The van der Waals surface area contributed by atoms with E-state index in [1.807, 2.05) is 18.2 Å². The molecule has 140 valence electrons. The van der Waals surface area contributed by atoms with Crippen LogP contribution in [0.4, 0.5) is 0 Å². The van der Waals surface area contributed by atoms with E-state index < -0.39 is 0 Å². The number of hydrogen-bond acceptors (Lipinski definition) is 5. The molecule has 27 heavy (non-hydrogen) atoms. The van der Waals surface area contributed by atoms with Gasteiger partial charge in [-0.15, -0.1) is 0 Å². The van der Waals surface area contributed by atoms with Gasteiger partial charge in [-0.05, 0) is 42.8 Å². The van der Waals surface area contributed by atoms with Crippen molar-refractivity contribution in [3.63, 3.8) is 0 Å². The molecule has 0 bridgehead atoms. The van der Waals surface area contributed by atoms with Crippen LogP contribution < -0.4 is 14.8 Å². The molecule has 0 saturated carbocycles. The van der Waals surface area contributed by atoms with Crippen LogP contribution >= 0.6 is 11.6 Å². The van der Waals surface area contributed by atoms with Crippen LogP contribution in [0.5, 0.6) is 11.5 Å². The maximum absolute atomic E-state index is 12.5. The molecule has 0 radical (unpaired) electrons. The summed E-state index contributed by atoms with van der Waals surface area (Å²) in [7, 11) is 1.60. The third kappa shape index (κ3) is 4.60. The number of benzene rings is 2. The summed E-state index contributed by atoms with van der Waals surface area (Å²) in [5.74, 6) is 1.58. The van der Waals surface area contributed by atoms with Crippen molar-refractivity contribution < 1.29 is 18.8 Å². The second-order valence-electron chi connectivity index (χ2n) is 5.80. The van der Waals surface area contributed by atoms with Gasteiger partial charge in [-0.2, -0.15) is 0 Å². The van der Waals surface area contributed by atoms with Gasteiger partial charge in [-0.3, -0.25) is 4.79 Å². The molecule has 0 fully saturated rings. The van der Waals surface area contributed by atoms with E-state index in [9.17, 15) is 4.79 Å². The molecule has 0 saturated heterocycles. The summed E-state index contributed by atoms with van der Waals surface area (Å²) in [6.45, 7) is 2.20. The number of hydrogen-bond donors (Lipinski definition) is 1. The molecule has 0 aliphatic rings. The molecule has 3 rings (SSSR count). The molecule has 1 amide bonds. The highest BCUT2D eigenvalue weighted by molar-refractivity contribution is 6.31. The van der Waals surface area contributed by atoms with E-state index in [1.54, 1.807) is 44.4 Å². The van der Waals surface area contributed by atoms with Crippen LogP contribution in [0.2, 0.25) is 5.02 Å². The number of methoxy groups -OCH3 is 1. The predicted molar refractivity (Wildman–Crippen MR) is 101 cm³/mol. The van der Waals surface area contributed by atoms with Crippen molar-refractivity contribution in [2.24, 2.45) is 0 Å². The van der Waals surface area contributed by atoms with Crippen molar-refractivity contribution in [3.05, 3.63) is 76.1 Å². The van der Waals surface area contributed by atoms with Gasteiger partial charge in [-0.25, -0.2) is 0 Å². The Bertz CT molecular complexity index is 922. The standard InChI is InChI=1S/C20H19ClN2O4/c1-13-17(12-26-16-9-7-15(25-2)8-10-16)19(23-27-13)20(24)22-11-14-5-3-4-6-18(14)21/h3-10H,11-12H2,1-2H3,(H,22,24). The minimum atomic E-state index is -0.347. The van der Waals surface area contributed by atoms with Gasteiger partial charge in [0.15, 0.2) is 5.69 Å². The van der Waals surface area contributed by atoms with Crippen LogP contribution in [0.25, 0.3) is 0 Å². The first-order valence-electron chi connectivity index (χ1n) is 8.32. The molecule has 3 aromatic rings. The van der Waals surface area contributed by atoms with Crippen molar-refractivity contribution in [2.75, 3.05) is 7.11 Å². The number of carbonyl (C=O) groups excluding carboxylic acids is 1. The molecule has 1 N–H and O–H groups in total. The minimum Gasteiger partial charge on any atom is -0.497 e. The van der Waals surface area contributed by atoms with Crippen molar-refractivity contribution in [2.45, 2.75) is 20.1 Å². The Hall–Kier alpha value is -2.99. The second-order valence-corrected chi connectivity index (χ2v) is 6.21. The fraction of sp³-hybridized carbons (Fsp3) is 0.200. The fourth-order valence-electron chi connectivity index (χ4n) is 2.47. The average Bonchev–Trinajstić information content (AvgIpc) is 3.06. The van der Waals surface area contributed by atoms with E-state index in [1.165, 1.54) is 0 Å². The first kappa shape index (κ1) is 18.8. The zero-order valence-electron chi connectivity index (χ0n) is 15.0. The van der Waals surface area contributed by atoms with Crippen molar-refractivity contribution in [1.82, 2.24) is 10.5 Å². The predicted octanol–water partition coefficient (Wildman–Crippen LogP) is 4.15. The number of ether oxygens (including phenoxy) is 2. The van der Waals surface area contributed by atoms with Gasteiger partial charge >= 0.3 is 0 Å². The topological polar surface area (TPSA) is 73.6 Å². The van der Waals surface area contributed by atoms with Gasteiger partial charge in [0.2, 0.25) is 0 Å². The Labute approximate surface area is 162 Å². The molecular formula is C20H19ClN2O4. The maximum atomic E-state index is 12.5. The molecule has 1 aromatic heterocycles. The summed E-state index contributed by atoms with van der Waals surface area (Å²) < 4.78 is 16.0. The van der Waals surface area contributed by atoms with Crippen LogP contribution in [0.3, 0.4) is 0 Å². The maximum Gasteiger partial charge on any atom is 0.274 e. The quantitative estimate of drug-likeness (QED) is 0.660. The number of amides is 1. The van der Waals surface area contributed by atoms with Crippen LogP contribution in [0, 0.1) is 6.92 Å².